The summed E-state index contributed by atoms with van der Waals surface area (Å²) in [6.45, 7) is 3.31. The van der Waals surface area contributed by atoms with Crippen LogP contribution in [-0.2, 0) is 14.4 Å². The van der Waals surface area contributed by atoms with Gasteiger partial charge in [-0.25, -0.2) is 0 Å². The van der Waals surface area contributed by atoms with Crippen LogP contribution in [0.3, 0.4) is 0 Å². The van der Waals surface area contributed by atoms with Crippen molar-refractivity contribution in [2.75, 3.05) is 32.7 Å². The molecule has 0 spiro atoms. The van der Waals surface area contributed by atoms with Crippen LogP contribution < -0.4 is 5.32 Å². The Balaban J connectivity index is 1.61. The molecule has 112 valence electrons. The minimum Gasteiger partial charge on any atom is -0.348 e. The molecule has 3 amide bonds. The first-order valence-corrected chi connectivity index (χ1v) is 7.53. The van der Waals surface area contributed by atoms with Crippen LogP contribution in [0.1, 0.15) is 38.5 Å². The second-order valence-electron chi connectivity index (χ2n) is 5.45. The molecule has 0 saturated carbocycles. The maximum absolute atomic E-state index is 11.8. The smallest absolute Gasteiger partial charge is 0.311 e. The van der Waals surface area contributed by atoms with E-state index in [0.29, 0.717) is 39.0 Å². The van der Waals surface area contributed by atoms with E-state index in [9.17, 15) is 14.4 Å². The third kappa shape index (κ3) is 3.95. The topological polar surface area (TPSA) is 69.7 Å². The molecule has 0 aromatic heterocycles. The fourth-order valence-electron chi connectivity index (χ4n) is 2.73. The lowest BCUT2D eigenvalue weighted by Gasteiger charge is -2.25. The molecule has 0 aliphatic carbocycles. The summed E-state index contributed by atoms with van der Waals surface area (Å²) in [5, 5.41) is 2.65. The van der Waals surface area contributed by atoms with E-state index < -0.39 is 11.8 Å². The molecule has 0 radical (unpaired) electrons. The Morgan fingerprint density at radius 3 is 2.45 bits per heavy atom. The van der Waals surface area contributed by atoms with Gasteiger partial charge in [0.05, 0.1) is 0 Å². The van der Waals surface area contributed by atoms with Gasteiger partial charge >= 0.3 is 11.8 Å². The zero-order valence-corrected chi connectivity index (χ0v) is 11.9. The van der Waals surface area contributed by atoms with E-state index in [1.165, 1.54) is 0 Å². The molecule has 2 heterocycles. The van der Waals surface area contributed by atoms with Crippen molar-refractivity contribution < 1.29 is 14.4 Å². The molecular formula is C14H23N3O3. The summed E-state index contributed by atoms with van der Waals surface area (Å²) in [5.74, 6) is -0.734. The van der Waals surface area contributed by atoms with Crippen LogP contribution in [0, 0.1) is 0 Å². The van der Waals surface area contributed by atoms with E-state index in [4.69, 9.17) is 0 Å². The van der Waals surface area contributed by atoms with Crippen molar-refractivity contribution in [2.45, 2.75) is 38.5 Å². The number of piperidine rings is 1. The lowest BCUT2D eigenvalue weighted by Crippen LogP contribution is -2.45. The number of rotatable bonds is 4. The highest BCUT2D eigenvalue weighted by Gasteiger charge is 2.23. The largest absolute Gasteiger partial charge is 0.348 e. The van der Waals surface area contributed by atoms with E-state index in [2.05, 4.69) is 5.32 Å². The van der Waals surface area contributed by atoms with Crippen LogP contribution in [0.4, 0.5) is 0 Å². The zero-order valence-electron chi connectivity index (χ0n) is 11.9. The summed E-state index contributed by atoms with van der Waals surface area (Å²) >= 11 is 0. The van der Waals surface area contributed by atoms with Gasteiger partial charge in [-0.15, -0.1) is 0 Å². The second kappa shape index (κ2) is 7.26. The van der Waals surface area contributed by atoms with Gasteiger partial charge in [0, 0.05) is 39.1 Å². The van der Waals surface area contributed by atoms with Gasteiger partial charge in [0.2, 0.25) is 5.91 Å². The fraction of sp³-hybridized carbons (Fsp3) is 0.786. The first-order chi connectivity index (χ1) is 9.68. The molecule has 1 N–H and O–H groups in total. The molecule has 2 aliphatic heterocycles. The molecule has 2 saturated heterocycles. The van der Waals surface area contributed by atoms with Gasteiger partial charge in [-0.1, -0.05) is 0 Å². The maximum atomic E-state index is 11.8. The minimum atomic E-state index is -0.514. The summed E-state index contributed by atoms with van der Waals surface area (Å²) in [6.07, 6.45) is 5.37. The van der Waals surface area contributed by atoms with Crippen LogP contribution in [0.5, 0.6) is 0 Å². The van der Waals surface area contributed by atoms with E-state index in [1.54, 1.807) is 4.90 Å². The molecule has 2 aliphatic rings. The predicted molar refractivity (Wildman–Crippen MR) is 73.9 cm³/mol. The number of carbonyl (C=O) groups excluding carboxylic acids is 3. The van der Waals surface area contributed by atoms with Crippen molar-refractivity contribution >= 4 is 17.7 Å². The fourth-order valence-corrected chi connectivity index (χ4v) is 2.73. The average Bonchev–Trinajstić information content (AvgIpc) is 2.89. The molecule has 0 aromatic rings. The van der Waals surface area contributed by atoms with Crippen LogP contribution in [0.25, 0.3) is 0 Å². The number of carbonyl (C=O) groups is 3. The van der Waals surface area contributed by atoms with Crippen molar-refractivity contribution in [3.8, 4) is 0 Å². The molecular weight excluding hydrogens is 258 g/mol. The Morgan fingerprint density at radius 2 is 1.80 bits per heavy atom. The average molecular weight is 281 g/mol. The van der Waals surface area contributed by atoms with Crippen molar-refractivity contribution in [3.05, 3.63) is 0 Å². The SMILES string of the molecule is O=C(NCCCN1CCCC1=O)C(=O)N1CCCCC1. The summed E-state index contributed by atoms with van der Waals surface area (Å²) < 4.78 is 0. The van der Waals surface area contributed by atoms with Gasteiger partial charge in [0.15, 0.2) is 0 Å². The number of hydrogen-bond acceptors (Lipinski definition) is 3. The molecule has 0 aromatic carbocycles. The third-order valence-corrected chi connectivity index (χ3v) is 3.90. The summed E-state index contributed by atoms with van der Waals surface area (Å²) in [4.78, 5) is 38.4. The Labute approximate surface area is 119 Å². The van der Waals surface area contributed by atoms with Gasteiger partial charge in [-0.3, -0.25) is 14.4 Å². The quantitative estimate of drug-likeness (QED) is 0.588. The first kappa shape index (κ1) is 14.8. The molecule has 6 nitrogen and oxygen atoms in total. The highest BCUT2D eigenvalue weighted by Crippen LogP contribution is 2.10. The minimum absolute atomic E-state index is 0.195. The molecule has 2 rings (SSSR count). The Bertz CT molecular complexity index is 378. The van der Waals surface area contributed by atoms with Gasteiger partial charge in [-0.2, -0.15) is 0 Å². The Hall–Kier alpha value is -1.59. The van der Waals surface area contributed by atoms with Crippen LogP contribution in [-0.4, -0.2) is 60.2 Å². The van der Waals surface area contributed by atoms with Crippen molar-refractivity contribution in [2.24, 2.45) is 0 Å². The molecule has 20 heavy (non-hydrogen) atoms. The van der Waals surface area contributed by atoms with Gasteiger partial charge in [0.1, 0.15) is 0 Å². The Kier molecular flexibility index (Phi) is 5.38. The summed E-state index contributed by atoms with van der Waals surface area (Å²) in [5.41, 5.74) is 0. The standard InChI is InChI=1S/C14H23N3O3/c18-12-6-4-10-16(12)11-5-7-15-13(19)14(20)17-8-2-1-3-9-17/h1-11H2,(H,15,19). The molecule has 0 atom stereocenters. The van der Waals surface area contributed by atoms with Crippen LogP contribution in [0.2, 0.25) is 0 Å². The summed E-state index contributed by atoms with van der Waals surface area (Å²) in [6, 6.07) is 0. The van der Waals surface area contributed by atoms with E-state index in [0.717, 1.165) is 32.2 Å². The lowest BCUT2D eigenvalue weighted by molar-refractivity contribution is -0.146. The second-order valence-corrected chi connectivity index (χ2v) is 5.45. The van der Waals surface area contributed by atoms with E-state index in [-0.39, 0.29) is 5.91 Å². The molecule has 0 unspecified atom stereocenters. The van der Waals surface area contributed by atoms with Gasteiger partial charge in [0.25, 0.3) is 0 Å². The van der Waals surface area contributed by atoms with Crippen molar-refractivity contribution in [1.29, 1.82) is 0 Å². The normalized spacial score (nSPS) is 19.3. The Morgan fingerprint density at radius 1 is 1.05 bits per heavy atom. The van der Waals surface area contributed by atoms with E-state index >= 15 is 0 Å². The highest BCUT2D eigenvalue weighted by molar-refractivity contribution is 6.35. The summed E-state index contributed by atoms with van der Waals surface area (Å²) in [7, 11) is 0. The van der Waals surface area contributed by atoms with E-state index in [1.807, 2.05) is 4.90 Å². The molecule has 6 heteroatoms. The molecule has 2 fully saturated rings. The highest BCUT2D eigenvalue weighted by atomic mass is 16.2. The monoisotopic (exact) mass is 281 g/mol. The number of nitrogens with zero attached hydrogens (tertiary/aromatic N) is 2. The first-order valence-electron chi connectivity index (χ1n) is 7.53. The third-order valence-electron chi connectivity index (χ3n) is 3.90. The lowest BCUT2D eigenvalue weighted by atomic mass is 10.1. The molecule has 0 bridgehead atoms. The van der Waals surface area contributed by atoms with Crippen molar-refractivity contribution in [3.63, 3.8) is 0 Å². The number of hydrogen-bond donors (Lipinski definition) is 1. The maximum Gasteiger partial charge on any atom is 0.311 e. The van der Waals surface area contributed by atoms with Gasteiger partial charge in [-0.05, 0) is 32.1 Å². The van der Waals surface area contributed by atoms with Crippen LogP contribution >= 0.6 is 0 Å². The van der Waals surface area contributed by atoms with Crippen molar-refractivity contribution in [1.82, 2.24) is 15.1 Å². The van der Waals surface area contributed by atoms with Crippen LogP contribution in [0.15, 0.2) is 0 Å². The van der Waals surface area contributed by atoms with Gasteiger partial charge < -0.3 is 15.1 Å². The number of amides is 3. The zero-order chi connectivity index (χ0) is 14.4. The number of likely N-dealkylation sites (tertiary alicyclic amines) is 2. The number of nitrogens with one attached hydrogen (secondary N) is 1. The predicted octanol–water partition coefficient (Wildman–Crippen LogP) is 0.128.